The molecule has 0 bridgehead atoms. The van der Waals surface area contributed by atoms with Gasteiger partial charge in [-0.05, 0) is 24.3 Å². The molecule has 0 amide bonds. The van der Waals surface area contributed by atoms with Crippen molar-refractivity contribution < 1.29 is 0 Å². The van der Waals surface area contributed by atoms with E-state index in [1.807, 2.05) is 58.9 Å². The van der Waals surface area contributed by atoms with Crippen molar-refractivity contribution in [3.05, 3.63) is 71.4 Å². The number of pyridine rings is 1. The number of halogens is 1. The number of benzene rings is 1. The minimum absolute atomic E-state index is 0.105. The fraction of sp³-hybridized carbons (Fsp3) is 0.273. The summed E-state index contributed by atoms with van der Waals surface area (Å²) in [6.45, 7) is 7.07. The first-order chi connectivity index (χ1) is 14.3. The van der Waals surface area contributed by atoms with Crippen molar-refractivity contribution in [1.29, 1.82) is 0 Å². The average Bonchev–Trinajstić information content (AvgIpc) is 3.33. The molecule has 4 aromatic rings. The van der Waals surface area contributed by atoms with Crippen LogP contribution in [0.5, 0.6) is 0 Å². The molecule has 0 saturated heterocycles. The lowest BCUT2D eigenvalue weighted by Gasteiger charge is -2.18. The van der Waals surface area contributed by atoms with E-state index in [1.165, 1.54) is 0 Å². The van der Waals surface area contributed by atoms with E-state index in [0.717, 1.165) is 34.2 Å². The molecule has 7 nitrogen and oxygen atoms in total. The Bertz CT molecular complexity index is 1150. The summed E-state index contributed by atoms with van der Waals surface area (Å²) in [6, 6.07) is 11.6. The summed E-state index contributed by atoms with van der Waals surface area (Å²) in [7, 11) is 1.91. The summed E-state index contributed by atoms with van der Waals surface area (Å²) in [5.74, 6) is 1.57. The van der Waals surface area contributed by atoms with Crippen molar-refractivity contribution in [1.82, 2.24) is 29.5 Å². The predicted molar refractivity (Wildman–Crippen MR) is 119 cm³/mol. The lowest BCUT2D eigenvalue weighted by molar-refractivity contribution is 0.555. The molecule has 154 valence electrons. The van der Waals surface area contributed by atoms with E-state index in [9.17, 15) is 0 Å². The number of hydrogen-bond acceptors (Lipinski definition) is 5. The normalized spacial score (nSPS) is 11.6. The minimum Gasteiger partial charge on any atom is -0.366 e. The van der Waals surface area contributed by atoms with E-state index in [1.54, 1.807) is 12.5 Å². The molecule has 0 aliphatic rings. The third-order valence-corrected chi connectivity index (χ3v) is 5.11. The van der Waals surface area contributed by atoms with Gasteiger partial charge in [0, 0.05) is 42.5 Å². The number of aromatic nitrogens is 6. The maximum absolute atomic E-state index is 6.38. The lowest BCUT2D eigenvalue weighted by atomic mass is 9.89. The average molecular weight is 422 g/mol. The lowest BCUT2D eigenvalue weighted by Crippen LogP contribution is -2.16. The van der Waals surface area contributed by atoms with Crippen LogP contribution in [0.1, 0.15) is 32.0 Å². The second-order valence-corrected chi connectivity index (χ2v) is 8.61. The Morgan fingerprint density at radius 1 is 1.10 bits per heavy atom. The topological polar surface area (TPSA) is 73.5 Å². The van der Waals surface area contributed by atoms with Crippen molar-refractivity contribution in [2.24, 2.45) is 7.05 Å². The Hall–Kier alpha value is -3.19. The Kier molecular flexibility index (Phi) is 5.30. The molecule has 0 saturated carbocycles. The Labute approximate surface area is 180 Å². The van der Waals surface area contributed by atoms with Crippen LogP contribution in [0, 0.1) is 0 Å². The molecule has 1 aromatic carbocycles. The first kappa shape index (κ1) is 20.1. The summed E-state index contributed by atoms with van der Waals surface area (Å²) in [6.07, 6.45) is 5.50. The second-order valence-electron chi connectivity index (χ2n) is 8.20. The molecule has 3 aromatic heterocycles. The number of anilines is 1. The molecular formula is C22H24ClN7. The van der Waals surface area contributed by atoms with Gasteiger partial charge in [0.15, 0.2) is 5.82 Å². The zero-order valence-corrected chi connectivity index (χ0v) is 18.2. The van der Waals surface area contributed by atoms with Gasteiger partial charge in [0.1, 0.15) is 12.1 Å². The first-order valence-electron chi connectivity index (χ1n) is 9.71. The molecule has 3 heterocycles. The fourth-order valence-electron chi connectivity index (χ4n) is 3.29. The summed E-state index contributed by atoms with van der Waals surface area (Å²) < 4.78 is 3.72. The molecule has 0 aliphatic heterocycles. The number of nitrogens with zero attached hydrogens (tertiary/aromatic N) is 6. The van der Waals surface area contributed by atoms with E-state index in [2.05, 4.69) is 41.3 Å². The van der Waals surface area contributed by atoms with Gasteiger partial charge in [-0.15, -0.1) is 10.2 Å². The molecule has 4 rings (SSSR count). The van der Waals surface area contributed by atoms with Crippen LogP contribution in [-0.2, 0) is 19.0 Å². The fourth-order valence-corrected chi connectivity index (χ4v) is 3.51. The molecule has 0 fully saturated rings. The van der Waals surface area contributed by atoms with Crippen molar-refractivity contribution in [2.45, 2.75) is 32.7 Å². The van der Waals surface area contributed by atoms with E-state index < -0.39 is 0 Å². The van der Waals surface area contributed by atoms with Gasteiger partial charge in [-0.2, -0.15) is 5.10 Å². The highest BCUT2D eigenvalue weighted by molar-refractivity contribution is 6.32. The van der Waals surface area contributed by atoms with Gasteiger partial charge < -0.3 is 9.88 Å². The molecule has 0 aliphatic carbocycles. The third kappa shape index (κ3) is 4.07. The van der Waals surface area contributed by atoms with E-state index in [-0.39, 0.29) is 5.41 Å². The number of hydrogen-bond donors (Lipinski definition) is 1. The highest BCUT2D eigenvalue weighted by atomic mass is 35.5. The molecule has 8 heteroatoms. The van der Waals surface area contributed by atoms with Crippen LogP contribution in [-0.4, -0.2) is 29.5 Å². The molecule has 0 unspecified atom stereocenters. The van der Waals surface area contributed by atoms with Crippen LogP contribution >= 0.6 is 11.6 Å². The molecule has 0 spiro atoms. The Balaban J connectivity index is 1.57. The first-order valence-corrected chi connectivity index (χ1v) is 10.1. The Morgan fingerprint density at radius 2 is 1.90 bits per heavy atom. The zero-order chi connectivity index (χ0) is 21.3. The van der Waals surface area contributed by atoms with Gasteiger partial charge in [-0.1, -0.05) is 44.5 Å². The monoisotopic (exact) mass is 421 g/mol. The van der Waals surface area contributed by atoms with Gasteiger partial charge in [-0.3, -0.25) is 0 Å². The van der Waals surface area contributed by atoms with Crippen LogP contribution in [0.4, 0.5) is 5.82 Å². The van der Waals surface area contributed by atoms with Crippen molar-refractivity contribution in [3.63, 3.8) is 0 Å². The maximum atomic E-state index is 6.38. The third-order valence-electron chi connectivity index (χ3n) is 4.79. The van der Waals surface area contributed by atoms with Crippen LogP contribution in [0.15, 0.2) is 55.1 Å². The highest BCUT2D eigenvalue weighted by Crippen LogP contribution is 2.28. The number of rotatable bonds is 5. The van der Waals surface area contributed by atoms with Crippen molar-refractivity contribution >= 4 is 17.4 Å². The maximum Gasteiger partial charge on any atom is 0.165 e. The molecule has 0 radical (unpaired) electrons. The SMILES string of the molecule is Cn1cnnc1-c1ccc(NCc2cn(-c3ccccc3Cl)nc2C(C)(C)C)nc1. The number of nitrogens with one attached hydrogen (secondary N) is 1. The molecule has 1 N–H and O–H groups in total. The molecule has 0 atom stereocenters. The number of para-hydroxylation sites is 1. The summed E-state index contributed by atoms with van der Waals surface area (Å²) in [5, 5.41) is 16.9. The van der Waals surface area contributed by atoms with Crippen molar-refractivity contribution in [3.8, 4) is 17.1 Å². The highest BCUT2D eigenvalue weighted by Gasteiger charge is 2.23. The quantitative estimate of drug-likeness (QED) is 0.508. The smallest absolute Gasteiger partial charge is 0.165 e. The van der Waals surface area contributed by atoms with E-state index in [4.69, 9.17) is 16.7 Å². The van der Waals surface area contributed by atoms with Crippen LogP contribution in [0.2, 0.25) is 5.02 Å². The van der Waals surface area contributed by atoms with Crippen molar-refractivity contribution in [2.75, 3.05) is 5.32 Å². The van der Waals surface area contributed by atoms with Crippen LogP contribution < -0.4 is 5.32 Å². The predicted octanol–water partition coefficient (Wildman–Crippen LogP) is 4.63. The second kappa shape index (κ2) is 7.91. The zero-order valence-electron chi connectivity index (χ0n) is 17.5. The van der Waals surface area contributed by atoms with E-state index >= 15 is 0 Å². The van der Waals surface area contributed by atoms with Gasteiger partial charge in [-0.25, -0.2) is 9.67 Å². The Morgan fingerprint density at radius 3 is 2.53 bits per heavy atom. The summed E-state index contributed by atoms with van der Waals surface area (Å²) >= 11 is 6.38. The largest absolute Gasteiger partial charge is 0.366 e. The van der Waals surface area contributed by atoms with Gasteiger partial charge in [0.05, 0.1) is 16.4 Å². The summed E-state index contributed by atoms with van der Waals surface area (Å²) in [4.78, 5) is 4.52. The van der Waals surface area contributed by atoms with Crippen LogP contribution in [0.25, 0.3) is 17.1 Å². The minimum atomic E-state index is -0.105. The molecular weight excluding hydrogens is 398 g/mol. The van der Waals surface area contributed by atoms with Crippen LogP contribution in [0.3, 0.4) is 0 Å². The summed E-state index contributed by atoms with van der Waals surface area (Å²) in [5.41, 5.74) is 3.79. The van der Waals surface area contributed by atoms with Gasteiger partial charge in [0.2, 0.25) is 0 Å². The van der Waals surface area contributed by atoms with Gasteiger partial charge >= 0.3 is 0 Å². The molecule has 30 heavy (non-hydrogen) atoms. The van der Waals surface area contributed by atoms with Gasteiger partial charge in [0.25, 0.3) is 0 Å². The van der Waals surface area contributed by atoms with E-state index in [0.29, 0.717) is 11.6 Å². The standard InChI is InChI=1S/C22H24ClN7/c1-22(2,3)20-16(13-30(28-20)18-8-6-5-7-17(18)23)12-25-19-10-9-15(11-24-19)21-27-26-14-29(21)4/h5-11,13-14H,12H2,1-4H3,(H,24,25). The number of aryl methyl sites for hydroxylation is 1.